The molecule has 5 heteroatoms. The molecule has 1 aromatic carbocycles. The first-order valence-electron chi connectivity index (χ1n) is 9.59. The van der Waals surface area contributed by atoms with E-state index in [4.69, 9.17) is 0 Å². The summed E-state index contributed by atoms with van der Waals surface area (Å²) < 4.78 is 0. The summed E-state index contributed by atoms with van der Waals surface area (Å²) >= 11 is 0. The number of hydrogen-bond donors (Lipinski definition) is 2. The van der Waals surface area contributed by atoms with Crippen LogP contribution in [0.3, 0.4) is 0 Å². The maximum Gasteiger partial charge on any atom is 0.317 e. The maximum atomic E-state index is 12.3. The molecular weight excluding hydrogens is 314 g/mol. The molecule has 2 aliphatic rings. The number of aliphatic hydroxyl groups is 1. The fourth-order valence-electron chi connectivity index (χ4n) is 4.04. The number of hydrogen-bond acceptors (Lipinski definition) is 3. The van der Waals surface area contributed by atoms with Gasteiger partial charge in [0.15, 0.2) is 0 Å². The zero-order valence-corrected chi connectivity index (χ0v) is 15.3. The van der Waals surface area contributed by atoms with Crippen molar-refractivity contribution in [1.29, 1.82) is 0 Å². The Morgan fingerprint density at radius 2 is 2.04 bits per heavy atom. The van der Waals surface area contributed by atoms with Crippen LogP contribution >= 0.6 is 0 Å². The number of urea groups is 1. The van der Waals surface area contributed by atoms with E-state index in [0.29, 0.717) is 13.1 Å². The molecule has 5 nitrogen and oxygen atoms in total. The smallest absolute Gasteiger partial charge is 0.317 e. The zero-order chi connectivity index (χ0) is 17.6. The largest absolute Gasteiger partial charge is 0.393 e. The summed E-state index contributed by atoms with van der Waals surface area (Å²) in [4.78, 5) is 16.4. The highest BCUT2D eigenvalue weighted by Crippen LogP contribution is 2.24. The van der Waals surface area contributed by atoms with Gasteiger partial charge in [0.25, 0.3) is 0 Å². The third kappa shape index (κ3) is 4.95. The lowest BCUT2D eigenvalue weighted by Gasteiger charge is -2.31. The van der Waals surface area contributed by atoms with E-state index in [1.54, 1.807) is 4.90 Å². The monoisotopic (exact) mass is 345 g/mol. The van der Waals surface area contributed by atoms with E-state index in [1.165, 1.54) is 11.1 Å². The van der Waals surface area contributed by atoms with Crippen molar-refractivity contribution in [1.82, 2.24) is 15.1 Å². The Morgan fingerprint density at radius 3 is 2.84 bits per heavy atom. The Hall–Kier alpha value is -1.59. The van der Waals surface area contributed by atoms with Crippen LogP contribution in [0.1, 0.15) is 36.8 Å². The van der Waals surface area contributed by atoms with Crippen LogP contribution in [-0.2, 0) is 13.0 Å². The van der Waals surface area contributed by atoms with Crippen molar-refractivity contribution in [3.8, 4) is 0 Å². The van der Waals surface area contributed by atoms with Crippen LogP contribution in [0, 0.1) is 5.92 Å². The van der Waals surface area contributed by atoms with Gasteiger partial charge in [0, 0.05) is 45.7 Å². The van der Waals surface area contributed by atoms with Crippen molar-refractivity contribution >= 4 is 6.03 Å². The van der Waals surface area contributed by atoms with E-state index >= 15 is 0 Å². The summed E-state index contributed by atoms with van der Waals surface area (Å²) in [6.07, 6.45) is 4.99. The van der Waals surface area contributed by atoms with E-state index in [-0.39, 0.29) is 18.1 Å². The summed E-state index contributed by atoms with van der Waals surface area (Å²) in [5, 5.41) is 13.1. The van der Waals surface area contributed by atoms with Gasteiger partial charge in [0.2, 0.25) is 0 Å². The van der Waals surface area contributed by atoms with Crippen molar-refractivity contribution in [3.63, 3.8) is 0 Å². The molecule has 2 N–H and O–H groups in total. The van der Waals surface area contributed by atoms with Gasteiger partial charge >= 0.3 is 6.03 Å². The van der Waals surface area contributed by atoms with Crippen molar-refractivity contribution in [2.24, 2.45) is 5.92 Å². The second-order valence-corrected chi connectivity index (χ2v) is 7.52. The second kappa shape index (κ2) is 8.68. The van der Waals surface area contributed by atoms with Crippen LogP contribution in [0.2, 0.25) is 0 Å². The molecule has 2 unspecified atom stereocenters. The fourth-order valence-corrected chi connectivity index (χ4v) is 4.04. The third-order valence-corrected chi connectivity index (χ3v) is 5.64. The van der Waals surface area contributed by atoms with Crippen molar-refractivity contribution < 1.29 is 9.90 Å². The third-order valence-electron chi connectivity index (χ3n) is 5.64. The van der Waals surface area contributed by atoms with Crippen LogP contribution in [0.25, 0.3) is 0 Å². The second-order valence-electron chi connectivity index (χ2n) is 7.52. The fraction of sp³-hybridized carbons (Fsp3) is 0.650. The van der Waals surface area contributed by atoms with Gasteiger partial charge < -0.3 is 15.3 Å². The van der Waals surface area contributed by atoms with E-state index in [9.17, 15) is 9.90 Å². The van der Waals surface area contributed by atoms with Gasteiger partial charge in [0.1, 0.15) is 0 Å². The summed E-state index contributed by atoms with van der Waals surface area (Å²) in [6, 6.07) is 8.58. The van der Waals surface area contributed by atoms with E-state index in [2.05, 4.69) is 34.5 Å². The number of carbonyl (C=O) groups is 1. The van der Waals surface area contributed by atoms with Crippen molar-refractivity contribution in [3.05, 3.63) is 35.4 Å². The molecule has 1 aliphatic carbocycles. The summed E-state index contributed by atoms with van der Waals surface area (Å²) in [5.74, 6) is 0.225. The number of benzene rings is 1. The molecule has 2 amide bonds. The predicted molar refractivity (Wildman–Crippen MR) is 99.4 cm³/mol. The Kier molecular flexibility index (Phi) is 6.32. The van der Waals surface area contributed by atoms with Crippen LogP contribution in [0.4, 0.5) is 4.79 Å². The normalized spacial score (nSPS) is 23.8. The SMILES string of the molecule is CN(CC1CCCCC1O)C(=O)NCCN1CCc2ccccc2C1. The highest BCUT2D eigenvalue weighted by Gasteiger charge is 2.25. The minimum absolute atomic E-state index is 0.0322. The van der Waals surface area contributed by atoms with Gasteiger partial charge in [-0.1, -0.05) is 37.1 Å². The molecule has 0 saturated heterocycles. The molecule has 0 bridgehead atoms. The quantitative estimate of drug-likeness (QED) is 0.860. The lowest BCUT2D eigenvalue weighted by atomic mass is 9.86. The van der Waals surface area contributed by atoms with Gasteiger partial charge in [-0.25, -0.2) is 4.79 Å². The first-order valence-corrected chi connectivity index (χ1v) is 9.59. The van der Waals surface area contributed by atoms with Crippen LogP contribution in [0.15, 0.2) is 24.3 Å². The topological polar surface area (TPSA) is 55.8 Å². The van der Waals surface area contributed by atoms with Gasteiger partial charge in [-0.3, -0.25) is 4.90 Å². The van der Waals surface area contributed by atoms with Gasteiger partial charge in [-0.2, -0.15) is 0 Å². The molecule has 1 fully saturated rings. The summed E-state index contributed by atoms with van der Waals surface area (Å²) in [6.45, 7) is 4.20. The van der Waals surface area contributed by atoms with E-state index in [0.717, 1.165) is 51.7 Å². The molecule has 1 aromatic rings. The molecule has 1 heterocycles. The number of carbonyl (C=O) groups excluding carboxylic acids is 1. The number of aliphatic hydroxyl groups excluding tert-OH is 1. The molecule has 1 saturated carbocycles. The molecule has 2 atom stereocenters. The first-order chi connectivity index (χ1) is 12.1. The molecule has 1 aliphatic heterocycles. The van der Waals surface area contributed by atoms with Crippen LogP contribution < -0.4 is 5.32 Å². The standard InChI is InChI=1S/C20H31N3O2/c1-22(14-18-8-4-5-9-19(18)24)20(25)21-11-13-23-12-10-16-6-2-3-7-17(16)15-23/h2-3,6-7,18-19,24H,4-5,8-15H2,1H3,(H,21,25). The minimum Gasteiger partial charge on any atom is -0.393 e. The maximum absolute atomic E-state index is 12.3. The Bertz CT molecular complexity index is 578. The average Bonchev–Trinajstić information content (AvgIpc) is 2.63. The lowest BCUT2D eigenvalue weighted by molar-refractivity contribution is 0.0564. The zero-order valence-electron chi connectivity index (χ0n) is 15.3. The molecule has 0 spiro atoms. The highest BCUT2D eigenvalue weighted by atomic mass is 16.3. The molecule has 0 aromatic heterocycles. The molecule has 3 rings (SSSR count). The number of amides is 2. The average molecular weight is 345 g/mol. The van der Waals surface area contributed by atoms with Crippen LogP contribution in [-0.4, -0.2) is 60.3 Å². The molecule has 25 heavy (non-hydrogen) atoms. The minimum atomic E-state index is -0.252. The van der Waals surface area contributed by atoms with Crippen molar-refractivity contribution in [2.75, 3.05) is 33.2 Å². The summed E-state index contributed by atoms with van der Waals surface area (Å²) in [7, 11) is 1.83. The number of nitrogens with one attached hydrogen (secondary N) is 1. The summed E-state index contributed by atoms with van der Waals surface area (Å²) in [5.41, 5.74) is 2.86. The Morgan fingerprint density at radius 1 is 1.28 bits per heavy atom. The Labute approximate surface area is 151 Å². The van der Waals surface area contributed by atoms with Crippen LogP contribution in [0.5, 0.6) is 0 Å². The Balaban J connectivity index is 1.38. The van der Waals surface area contributed by atoms with E-state index < -0.39 is 0 Å². The van der Waals surface area contributed by atoms with Gasteiger partial charge in [0.05, 0.1) is 6.10 Å². The lowest BCUT2D eigenvalue weighted by Crippen LogP contribution is -2.45. The molecule has 0 radical (unpaired) electrons. The highest BCUT2D eigenvalue weighted by molar-refractivity contribution is 5.73. The predicted octanol–water partition coefficient (Wildman–Crippen LogP) is 2.24. The van der Waals surface area contributed by atoms with Crippen molar-refractivity contribution in [2.45, 2.75) is 44.8 Å². The number of fused-ring (bicyclic) bond motifs is 1. The van der Waals surface area contributed by atoms with E-state index in [1.807, 2.05) is 7.05 Å². The molecular formula is C20H31N3O2. The number of rotatable bonds is 5. The first kappa shape index (κ1) is 18.2. The van der Waals surface area contributed by atoms with Gasteiger partial charge in [-0.15, -0.1) is 0 Å². The number of nitrogens with zero attached hydrogens (tertiary/aromatic N) is 2. The molecule has 138 valence electrons. The van der Waals surface area contributed by atoms with Gasteiger partial charge in [-0.05, 0) is 30.4 Å².